The predicted molar refractivity (Wildman–Crippen MR) is 114 cm³/mol. The molecular formula is C24H36O3. The highest BCUT2D eigenvalue weighted by atomic mass is 16.4. The molecule has 0 atom stereocenters. The molecule has 0 amide bonds. The minimum absolute atomic E-state index is 0.0597. The van der Waals surface area contributed by atoms with Crippen molar-refractivity contribution in [2.45, 2.75) is 84.0 Å². The second kappa shape index (κ2) is 15.1. The van der Waals surface area contributed by atoms with E-state index >= 15 is 0 Å². The number of hydrogen-bond donors (Lipinski definition) is 2. The molecule has 150 valence electrons. The lowest BCUT2D eigenvalue weighted by atomic mass is 9.99. The highest BCUT2D eigenvalue weighted by Gasteiger charge is 2.14. The van der Waals surface area contributed by atoms with Crippen molar-refractivity contribution in [2.24, 2.45) is 0 Å². The largest absolute Gasteiger partial charge is 0.507 e. The number of carbonyl (C=O) groups is 1. The maximum absolute atomic E-state index is 11.2. The van der Waals surface area contributed by atoms with Crippen LogP contribution in [0.5, 0.6) is 5.75 Å². The van der Waals surface area contributed by atoms with E-state index in [0.717, 1.165) is 31.2 Å². The normalized spacial score (nSPS) is 11.6. The third-order valence-corrected chi connectivity index (χ3v) is 4.74. The Morgan fingerprint density at radius 1 is 0.889 bits per heavy atom. The summed E-state index contributed by atoms with van der Waals surface area (Å²) in [6, 6.07) is 4.95. The third kappa shape index (κ3) is 10.6. The summed E-state index contributed by atoms with van der Waals surface area (Å²) >= 11 is 0. The topological polar surface area (TPSA) is 57.5 Å². The lowest BCUT2D eigenvalue weighted by Gasteiger charge is -2.07. The Labute approximate surface area is 164 Å². The van der Waals surface area contributed by atoms with Gasteiger partial charge >= 0.3 is 5.97 Å². The number of aromatic hydroxyl groups is 1. The molecular weight excluding hydrogens is 336 g/mol. The zero-order valence-corrected chi connectivity index (χ0v) is 16.8. The molecule has 27 heavy (non-hydrogen) atoms. The fourth-order valence-corrected chi connectivity index (χ4v) is 3.16. The quantitative estimate of drug-likeness (QED) is 0.256. The molecule has 2 N–H and O–H groups in total. The van der Waals surface area contributed by atoms with E-state index in [1.54, 1.807) is 12.1 Å². The van der Waals surface area contributed by atoms with Crippen LogP contribution in [0.15, 0.2) is 42.5 Å². The summed E-state index contributed by atoms with van der Waals surface area (Å²) in [6.45, 7) is 2.22. The number of carboxylic acid groups (broad SMARTS) is 1. The van der Waals surface area contributed by atoms with Crippen molar-refractivity contribution in [1.29, 1.82) is 0 Å². The van der Waals surface area contributed by atoms with Crippen LogP contribution in [0.25, 0.3) is 0 Å². The average molecular weight is 373 g/mol. The van der Waals surface area contributed by atoms with Gasteiger partial charge in [0.05, 0.1) is 0 Å². The Kier molecular flexibility index (Phi) is 12.8. The molecule has 3 heteroatoms. The van der Waals surface area contributed by atoms with Crippen LogP contribution in [0, 0.1) is 0 Å². The van der Waals surface area contributed by atoms with Crippen LogP contribution in [0.3, 0.4) is 0 Å². The number of aryl methyl sites for hydroxylation is 1. The summed E-state index contributed by atoms with van der Waals surface area (Å²) in [5.74, 6) is -1.18. The number of hydrogen-bond acceptors (Lipinski definition) is 2. The first-order valence-corrected chi connectivity index (χ1v) is 10.5. The average Bonchev–Trinajstić information content (AvgIpc) is 2.64. The summed E-state index contributed by atoms with van der Waals surface area (Å²) in [5, 5.41) is 18.9. The molecule has 1 aromatic carbocycles. The highest BCUT2D eigenvalue weighted by molar-refractivity contribution is 5.92. The molecule has 0 aliphatic carbocycles. The van der Waals surface area contributed by atoms with Crippen molar-refractivity contribution < 1.29 is 15.0 Å². The van der Waals surface area contributed by atoms with Gasteiger partial charge in [0.2, 0.25) is 0 Å². The van der Waals surface area contributed by atoms with Crippen molar-refractivity contribution in [2.75, 3.05) is 0 Å². The molecule has 1 aromatic rings. The summed E-state index contributed by atoms with van der Waals surface area (Å²) in [5.41, 5.74) is 0.792. The van der Waals surface area contributed by atoms with Gasteiger partial charge in [-0.25, -0.2) is 4.79 Å². The predicted octanol–water partition coefficient (Wildman–Crippen LogP) is 7.06. The Morgan fingerprint density at radius 3 is 2.19 bits per heavy atom. The van der Waals surface area contributed by atoms with E-state index in [0.29, 0.717) is 6.42 Å². The van der Waals surface area contributed by atoms with Crippen LogP contribution < -0.4 is 0 Å². The van der Waals surface area contributed by atoms with Gasteiger partial charge in [-0.15, -0.1) is 0 Å². The van der Waals surface area contributed by atoms with Crippen LogP contribution in [0.4, 0.5) is 0 Å². The zero-order valence-electron chi connectivity index (χ0n) is 16.8. The van der Waals surface area contributed by atoms with Crippen LogP contribution in [0.1, 0.15) is 93.5 Å². The van der Waals surface area contributed by atoms with E-state index in [1.807, 2.05) is 0 Å². The van der Waals surface area contributed by atoms with Gasteiger partial charge in [0.25, 0.3) is 0 Å². The third-order valence-electron chi connectivity index (χ3n) is 4.74. The Balaban J connectivity index is 2.03. The minimum Gasteiger partial charge on any atom is -0.507 e. The van der Waals surface area contributed by atoms with E-state index in [2.05, 4.69) is 31.2 Å². The van der Waals surface area contributed by atoms with E-state index < -0.39 is 5.97 Å². The Hall–Kier alpha value is -2.03. The molecule has 0 aromatic heterocycles. The van der Waals surface area contributed by atoms with Crippen molar-refractivity contribution in [3.8, 4) is 5.75 Å². The number of unbranched alkanes of at least 4 members (excludes halogenated alkanes) is 8. The van der Waals surface area contributed by atoms with Gasteiger partial charge in [0.1, 0.15) is 11.3 Å². The Morgan fingerprint density at radius 2 is 1.52 bits per heavy atom. The molecule has 0 bridgehead atoms. The van der Waals surface area contributed by atoms with Gasteiger partial charge in [0, 0.05) is 0 Å². The van der Waals surface area contributed by atoms with E-state index in [4.69, 9.17) is 0 Å². The standard InChI is InChI=1S/C24H36O3/c1-2-3-4-5-6-7-8-9-10-11-12-13-14-15-16-18-21-19-17-20-22(25)23(21)24(26)27/h5-6,8-9,17,19-20,25H,2-4,7,10-16,18H2,1H3,(H,26,27)/b6-5-,9-8-. The second-order valence-electron chi connectivity index (χ2n) is 7.10. The first-order valence-electron chi connectivity index (χ1n) is 10.5. The van der Waals surface area contributed by atoms with Gasteiger partial charge in [-0.1, -0.05) is 81.9 Å². The van der Waals surface area contributed by atoms with Crippen LogP contribution >= 0.6 is 0 Å². The van der Waals surface area contributed by atoms with Crippen LogP contribution in [0.2, 0.25) is 0 Å². The molecule has 0 aliphatic rings. The molecule has 0 spiro atoms. The van der Waals surface area contributed by atoms with Crippen molar-refractivity contribution in [3.05, 3.63) is 53.6 Å². The first-order chi connectivity index (χ1) is 13.2. The first kappa shape index (κ1) is 23.0. The van der Waals surface area contributed by atoms with Crippen LogP contribution in [-0.2, 0) is 6.42 Å². The number of allylic oxidation sites excluding steroid dienone is 4. The fraction of sp³-hybridized carbons (Fsp3) is 0.542. The molecule has 0 saturated carbocycles. The van der Waals surface area contributed by atoms with E-state index in [1.165, 1.54) is 51.0 Å². The summed E-state index contributed by atoms with van der Waals surface area (Å²) in [6.07, 6.45) is 22.8. The zero-order chi connectivity index (χ0) is 19.7. The number of phenols is 1. The van der Waals surface area contributed by atoms with E-state index in [-0.39, 0.29) is 11.3 Å². The number of benzene rings is 1. The Bertz CT molecular complexity index is 587. The van der Waals surface area contributed by atoms with Gasteiger partial charge in [-0.05, 0) is 50.2 Å². The van der Waals surface area contributed by atoms with Gasteiger partial charge in [-0.2, -0.15) is 0 Å². The minimum atomic E-state index is -1.05. The number of aromatic carboxylic acids is 1. The SMILES string of the molecule is CCCC/C=C\C/C=C\CCCCCCCCc1cccc(O)c1C(=O)O. The molecule has 0 fully saturated rings. The molecule has 0 radical (unpaired) electrons. The maximum Gasteiger partial charge on any atom is 0.339 e. The molecule has 1 rings (SSSR count). The second-order valence-corrected chi connectivity index (χ2v) is 7.10. The van der Waals surface area contributed by atoms with Crippen molar-refractivity contribution in [1.82, 2.24) is 0 Å². The monoisotopic (exact) mass is 372 g/mol. The fourth-order valence-electron chi connectivity index (χ4n) is 3.16. The van der Waals surface area contributed by atoms with Crippen molar-refractivity contribution >= 4 is 5.97 Å². The number of rotatable bonds is 15. The summed E-state index contributed by atoms with van der Waals surface area (Å²) in [4.78, 5) is 11.2. The summed E-state index contributed by atoms with van der Waals surface area (Å²) < 4.78 is 0. The molecule has 0 heterocycles. The molecule has 3 nitrogen and oxygen atoms in total. The van der Waals surface area contributed by atoms with E-state index in [9.17, 15) is 15.0 Å². The van der Waals surface area contributed by atoms with Crippen molar-refractivity contribution in [3.63, 3.8) is 0 Å². The summed E-state index contributed by atoms with van der Waals surface area (Å²) in [7, 11) is 0. The van der Waals surface area contributed by atoms with Gasteiger partial charge in [-0.3, -0.25) is 0 Å². The van der Waals surface area contributed by atoms with Gasteiger partial charge in [0.15, 0.2) is 0 Å². The lowest BCUT2D eigenvalue weighted by molar-refractivity contribution is 0.0692. The highest BCUT2D eigenvalue weighted by Crippen LogP contribution is 2.23. The van der Waals surface area contributed by atoms with Gasteiger partial charge < -0.3 is 10.2 Å². The molecule has 0 aliphatic heterocycles. The molecule has 0 unspecified atom stereocenters. The maximum atomic E-state index is 11.2. The van der Waals surface area contributed by atoms with Crippen LogP contribution in [-0.4, -0.2) is 16.2 Å². The lowest BCUT2D eigenvalue weighted by Crippen LogP contribution is -2.03. The number of carboxylic acids is 1. The molecule has 0 saturated heterocycles. The smallest absolute Gasteiger partial charge is 0.339 e.